The van der Waals surface area contributed by atoms with Crippen LogP contribution in [0, 0.1) is 0 Å². The Morgan fingerprint density at radius 1 is 1.00 bits per heavy atom. The first kappa shape index (κ1) is 24.3. The molecule has 0 aromatic heterocycles. The number of amides is 2. The highest BCUT2D eigenvalue weighted by atomic mass is 35.5. The summed E-state index contributed by atoms with van der Waals surface area (Å²) in [4.78, 5) is 37.0. The van der Waals surface area contributed by atoms with E-state index in [0.717, 1.165) is 23.2 Å². The van der Waals surface area contributed by atoms with Gasteiger partial charge in [0.2, 0.25) is 5.91 Å². The largest absolute Gasteiger partial charge is 0.356 e. The molecule has 5 rings (SSSR count). The molecule has 0 saturated carbocycles. The number of carbonyl (C=O) groups is 2. The van der Waals surface area contributed by atoms with E-state index in [9.17, 15) is 9.59 Å². The lowest BCUT2D eigenvalue weighted by Gasteiger charge is -2.25. The van der Waals surface area contributed by atoms with Gasteiger partial charge in [-0.1, -0.05) is 78.0 Å². The highest BCUT2D eigenvalue weighted by Gasteiger charge is 2.41. The van der Waals surface area contributed by atoms with Gasteiger partial charge in [-0.25, -0.2) is 9.89 Å². The van der Waals surface area contributed by atoms with Crippen molar-refractivity contribution in [1.82, 2.24) is 10.2 Å². The van der Waals surface area contributed by atoms with Gasteiger partial charge in [-0.2, -0.15) is 0 Å². The van der Waals surface area contributed by atoms with Crippen molar-refractivity contribution in [1.29, 1.82) is 0 Å². The number of benzene rings is 3. The second-order valence-electron chi connectivity index (χ2n) is 8.60. The first-order valence-corrected chi connectivity index (χ1v) is 13.2. The highest BCUT2D eigenvalue weighted by molar-refractivity contribution is 8.13. The first-order valence-electron chi connectivity index (χ1n) is 11.9. The van der Waals surface area contributed by atoms with Crippen molar-refractivity contribution >= 4 is 51.9 Å². The predicted molar refractivity (Wildman–Crippen MR) is 146 cm³/mol. The second-order valence-corrected chi connectivity index (χ2v) is 9.98. The molecule has 2 aliphatic rings. The molecule has 6 nitrogen and oxygen atoms in total. The standard InChI is InChI=1S/C28H25ClN4O2S/c29-21-10-6-9-20(17-21)18-36-28-32-23-12-5-4-11-22(23)26-31-24(27(35)33(26)28)13-14-25(34)30-16-15-19-7-2-1-3-8-19/h1-12,17,24H,13-16,18H2,(H,30,34)/t24-/m1/s1. The average Bonchev–Trinajstić information content (AvgIpc) is 3.23. The lowest BCUT2D eigenvalue weighted by molar-refractivity contribution is -0.125. The zero-order valence-corrected chi connectivity index (χ0v) is 21.1. The Bertz CT molecular complexity index is 1340. The van der Waals surface area contributed by atoms with E-state index < -0.39 is 6.04 Å². The first-order chi connectivity index (χ1) is 17.6. The summed E-state index contributed by atoms with van der Waals surface area (Å²) >= 11 is 7.61. The van der Waals surface area contributed by atoms with Gasteiger partial charge in [0.15, 0.2) is 5.17 Å². The summed E-state index contributed by atoms with van der Waals surface area (Å²) in [6, 6.07) is 24.7. The Labute approximate surface area is 219 Å². The molecule has 0 unspecified atom stereocenters. The minimum Gasteiger partial charge on any atom is -0.356 e. The van der Waals surface area contributed by atoms with Gasteiger partial charge in [0.25, 0.3) is 5.91 Å². The summed E-state index contributed by atoms with van der Waals surface area (Å²) in [6.07, 6.45) is 1.36. The lowest BCUT2D eigenvalue weighted by atomic mass is 10.1. The molecule has 3 aromatic rings. The van der Waals surface area contributed by atoms with Gasteiger partial charge in [0, 0.05) is 29.3 Å². The number of nitrogens with one attached hydrogen (secondary N) is 1. The van der Waals surface area contributed by atoms with Gasteiger partial charge >= 0.3 is 0 Å². The molecule has 2 amide bonds. The molecule has 2 aliphatic heterocycles. The topological polar surface area (TPSA) is 74.1 Å². The Hall–Kier alpha value is -3.42. The van der Waals surface area contributed by atoms with Crippen molar-refractivity contribution in [2.75, 3.05) is 6.54 Å². The second kappa shape index (κ2) is 11.1. The minimum absolute atomic E-state index is 0.0755. The van der Waals surface area contributed by atoms with Gasteiger partial charge in [-0.15, -0.1) is 0 Å². The minimum atomic E-state index is -0.608. The monoisotopic (exact) mass is 516 g/mol. The molecule has 1 atom stereocenters. The van der Waals surface area contributed by atoms with E-state index in [1.165, 1.54) is 17.3 Å². The summed E-state index contributed by atoms with van der Waals surface area (Å²) in [7, 11) is 0. The fourth-order valence-electron chi connectivity index (χ4n) is 4.21. The number of rotatable bonds is 8. The maximum absolute atomic E-state index is 13.4. The van der Waals surface area contributed by atoms with Crippen molar-refractivity contribution in [3.63, 3.8) is 0 Å². The van der Waals surface area contributed by atoms with E-state index in [0.29, 0.717) is 34.7 Å². The number of hydrogen-bond acceptors (Lipinski definition) is 5. The average molecular weight is 517 g/mol. The summed E-state index contributed by atoms with van der Waals surface area (Å²) in [5.74, 6) is 1.00. The van der Waals surface area contributed by atoms with Crippen molar-refractivity contribution < 1.29 is 9.59 Å². The van der Waals surface area contributed by atoms with Crippen molar-refractivity contribution in [2.45, 2.75) is 31.1 Å². The van der Waals surface area contributed by atoms with Crippen LogP contribution in [0.25, 0.3) is 0 Å². The van der Waals surface area contributed by atoms with E-state index in [2.05, 4.69) is 5.32 Å². The fraction of sp³-hybridized carbons (Fsp3) is 0.214. The Morgan fingerprint density at radius 2 is 1.78 bits per heavy atom. The van der Waals surface area contributed by atoms with Gasteiger partial charge in [-0.3, -0.25) is 14.6 Å². The zero-order valence-electron chi connectivity index (χ0n) is 19.6. The van der Waals surface area contributed by atoms with Crippen LogP contribution in [0.2, 0.25) is 5.02 Å². The molecule has 182 valence electrons. The maximum Gasteiger partial charge on any atom is 0.259 e. The third-order valence-corrected chi connectivity index (χ3v) is 7.27. The van der Waals surface area contributed by atoms with Gasteiger partial charge in [0.1, 0.15) is 11.9 Å². The molecule has 0 spiro atoms. The number of fused-ring (bicyclic) bond motifs is 3. The number of para-hydroxylation sites is 1. The van der Waals surface area contributed by atoms with Crippen LogP contribution >= 0.6 is 23.4 Å². The SMILES string of the molecule is O=C(CC[C@H]1N=C2c3ccccc3N=C(SCc3cccc(Cl)c3)N2C1=O)NCCc1ccccc1. The molecular formula is C28H25ClN4O2S. The number of halogens is 1. The molecule has 0 saturated heterocycles. The molecular weight excluding hydrogens is 492 g/mol. The number of aliphatic imine (C=N–C) groups is 2. The molecule has 0 fully saturated rings. The number of thioether (sulfide) groups is 1. The van der Waals surface area contributed by atoms with Crippen LogP contribution in [0.5, 0.6) is 0 Å². The zero-order chi connectivity index (χ0) is 24.9. The van der Waals surface area contributed by atoms with Crippen LogP contribution < -0.4 is 5.32 Å². The van der Waals surface area contributed by atoms with Crippen LogP contribution in [-0.2, 0) is 21.8 Å². The number of amidine groups is 2. The quantitative estimate of drug-likeness (QED) is 0.437. The Morgan fingerprint density at radius 3 is 2.61 bits per heavy atom. The van der Waals surface area contributed by atoms with Crippen LogP contribution in [0.1, 0.15) is 29.5 Å². The molecule has 0 bridgehead atoms. The predicted octanol–water partition coefficient (Wildman–Crippen LogP) is 5.37. The van der Waals surface area contributed by atoms with Crippen molar-refractivity contribution in [2.24, 2.45) is 9.98 Å². The summed E-state index contributed by atoms with van der Waals surface area (Å²) < 4.78 is 0. The molecule has 1 N–H and O–H groups in total. The normalized spacial score (nSPS) is 16.2. The van der Waals surface area contributed by atoms with E-state index in [4.69, 9.17) is 21.6 Å². The number of hydrogen-bond donors (Lipinski definition) is 1. The van der Waals surface area contributed by atoms with Gasteiger partial charge in [-0.05, 0) is 48.2 Å². The van der Waals surface area contributed by atoms with Crippen LogP contribution in [0.4, 0.5) is 5.69 Å². The summed E-state index contributed by atoms with van der Waals surface area (Å²) in [5, 5.41) is 4.21. The van der Waals surface area contributed by atoms with Crippen LogP contribution in [-0.4, -0.2) is 40.3 Å². The molecule has 3 aromatic carbocycles. The molecule has 8 heteroatoms. The van der Waals surface area contributed by atoms with E-state index >= 15 is 0 Å². The van der Waals surface area contributed by atoms with Crippen molar-refractivity contribution in [3.8, 4) is 0 Å². The van der Waals surface area contributed by atoms with Gasteiger partial charge in [0.05, 0.1) is 5.69 Å². The number of carbonyl (C=O) groups excluding carboxylic acids is 2. The molecule has 0 radical (unpaired) electrons. The third-order valence-electron chi connectivity index (χ3n) is 6.03. The molecule has 0 aliphatic carbocycles. The van der Waals surface area contributed by atoms with Gasteiger partial charge < -0.3 is 5.32 Å². The van der Waals surface area contributed by atoms with Crippen LogP contribution in [0.3, 0.4) is 0 Å². The maximum atomic E-state index is 13.4. The number of nitrogens with zero attached hydrogens (tertiary/aromatic N) is 3. The van der Waals surface area contributed by atoms with E-state index in [-0.39, 0.29) is 18.2 Å². The lowest BCUT2D eigenvalue weighted by Crippen LogP contribution is -2.41. The smallest absolute Gasteiger partial charge is 0.259 e. The Kier molecular flexibility index (Phi) is 7.49. The van der Waals surface area contributed by atoms with E-state index in [1.807, 2.05) is 78.9 Å². The summed E-state index contributed by atoms with van der Waals surface area (Å²) in [6.45, 7) is 0.562. The molecule has 2 heterocycles. The highest BCUT2D eigenvalue weighted by Crippen LogP contribution is 2.35. The van der Waals surface area contributed by atoms with Crippen LogP contribution in [0.15, 0.2) is 88.8 Å². The van der Waals surface area contributed by atoms with Crippen molar-refractivity contribution in [3.05, 3.63) is 101 Å². The Balaban J connectivity index is 1.24. The third kappa shape index (κ3) is 5.53. The summed E-state index contributed by atoms with van der Waals surface area (Å²) in [5.41, 5.74) is 3.83. The fourth-order valence-corrected chi connectivity index (χ4v) is 5.37. The molecule has 36 heavy (non-hydrogen) atoms. The van der Waals surface area contributed by atoms with E-state index in [1.54, 1.807) is 4.90 Å².